The van der Waals surface area contributed by atoms with Crippen LogP contribution in [0.25, 0.3) is 12.2 Å². The average Bonchev–Trinajstić information content (AvgIpc) is 2.52. The van der Waals surface area contributed by atoms with Crippen LogP contribution in [0.1, 0.15) is 11.1 Å². The summed E-state index contributed by atoms with van der Waals surface area (Å²) in [5.41, 5.74) is 8.93. The molecule has 0 N–H and O–H groups in total. The molecule has 0 radical (unpaired) electrons. The van der Waals surface area contributed by atoms with Gasteiger partial charge in [-0.3, -0.25) is 0 Å². The first-order valence-electron chi connectivity index (χ1n) is 6.49. The maximum atomic E-state index is 3.54. The highest BCUT2D eigenvalue weighted by atomic mass is 13.9. The number of hydrogen-bond donors (Lipinski definition) is 0. The monoisotopic (exact) mass is 256 g/mol. The van der Waals surface area contributed by atoms with Crippen LogP contribution in [0.15, 0.2) is 96.4 Å². The van der Waals surface area contributed by atoms with Gasteiger partial charge in [0, 0.05) is 0 Å². The minimum Gasteiger partial charge on any atom is -0.0781 e. The van der Waals surface area contributed by atoms with Crippen LogP contribution in [0.3, 0.4) is 0 Å². The van der Waals surface area contributed by atoms with Gasteiger partial charge < -0.3 is 0 Å². The Morgan fingerprint density at radius 2 is 1.45 bits per heavy atom. The smallest absolute Gasteiger partial charge is 0.00427 e. The highest BCUT2D eigenvalue weighted by Crippen LogP contribution is 2.11. The second-order valence-corrected chi connectivity index (χ2v) is 4.26. The Hall–Kier alpha value is -2.78. The fourth-order valence-corrected chi connectivity index (χ4v) is 1.77. The van der Waals surface area contributed by atoms with Gasteiger partial charge in [0.15, 0.2) is 0 Å². The zero-order valence-corrected chi connectivity index (χ0v) is 11.3. The Morgan fingerprint density at radius 1 is 0.850 bits per heavy atom. The summed E-state index contributed by atoms with van der Waals surface area (Å²) in [6.45, 7) is 3.54. The molecule has 0 atom stereocenters. The van der Waals surface area contributed by atoms with E-state index < -0.39 is 0 Å². The van der Waals surface area contributed by atoms with Gasteiger partial charge in [-0.15, -0.1) is 0 Å². The third-order valence-corrected chi connectivity index (χ3v) is 2.74. The van der Waals surface area contributed by atoms with Gasteiger partial charge in [-0.2, -0.15) is 0 Å². The Bertz CT molecular complexity index is 675. The van der Waals surface area contributed by atoms with Gasteiger partial charge in [-0.1, -0.05) is 84.3 Å². The standard InChI is InChI=1S/C20H16/c1-2-3-10-20(17-19-13-8-5-9-14-19)16-15-18-11-6-4-7-12-18/h4-17H,1H2. The highest BCUT2D eigenvalue weighted by Gasteiger charge is 1.90. The summed E-state index contributed by atoms with van der Waals surface area (Å²) in [6, 6.07) is 20.4. The van der Waals surface area contributed by atoms with E-state index in [1.807, 2.05) is 42.5 Å². The van der Waals surface area contributed by atoms with Crippen LogP contribution in [-0.4, -0.2) is 0 Å². The van der Waals surface area contributed by atoms with E-state index in [9.17, 15) is 0 Å². The molecule has 20 heavy (non-hydrogen) atoms. The van der Waals surface area contributed by atoms with Crippen molar-refractivity contribution in [2.45, 2.75) is 0 Å². The fraction of sp³-hybridized carbons (Fsp3) is 0. The Morgan fingerprint density at radius 3 is 2.05 bits per heavy atom. The lowest BCUT2D eigenvalue weighted by molar-refractivity contribution is 1.63. The molecular weight excluding hydrogens is 240 g/mol. The summed E-state index contributed by atoms with van der Waals surface area (Å²) in [5, 5.41) is 0. The molecule has 2 aromatic carbocycles. The van der Waals surface area contributed by atoms with E-state index in [2.05, 4.69) is 60.5 Å². The van der Waals surface area contributed by atoms with Gasteiger partial charge in [0.2, 0.25) is 0 Å². The Labute approximate surface area is 120 Å². The predicted molar refractivity (Wildman–Crippen MR) is 87.1 cm³/mol. The van der Waals surface area contributed by atoms with Crippen molar-refractivity contribution in [3.8, 4) is 0 Å². The van der Waals surface area contributed by atoms with Crippen molar-refractivity contribution in [2.24, 2.45) is 0 Å². The van der Waals surface area contributed by atoms with E-state index in [0.29, 0.717) is 0 Å². The zero-order chi connectivity index (χ0) is 14.0. The Kier molecular flexibility index (Phi) is 5.19. The molecule has 2 rings (SSSR count). The van der Waals surface area contributed by atoms with Crippen molar-refractivity contribution in [1.82, 2.24) is 0 Å². The molecule has 2 aromatic rings. The van der Waals surface area contributed by atoms with Gasteiger partial charge >= 0.3 is 0 Å². The normalized spacial score (nSPS) is 10.9. The molecule has 0 amide bonds. The lowest BCUT2D eigenvalue weighted by Crippen LogP contribution is -1.75. The molecule has 0 saturated heterocycles. The highest BCUT2D eigenvalue weighted by molar-refractivity contribution is 5.64. The van der Waals surface area contributed by atoms with E-state index in [1.165, 1.54) is 5.56 Å². The molecule has 0 aliphatic heterocycles. The molecule has 0 fully saturated rings. The maximum absolute atomic E-state index is 3.54. The van der Waals surface area contributed by atoms with Gasteiger partial charge in [-0.05, 0) is 35.4 Å². The fourth-order valence-electron chi connectivity index (χ4n) is 1.77. The Balaban J connectivity index is 2.29. The molecule has 96 valence electrons. The van der Waals surface area contributed by atoms with Crippen molar-refractivity contribution < 1.29 is 0 Å². The lowest BCUT2D eigenvalue weighted by Gasteiger charge is -1.96. The van der Waals surface area contributed by atoms with Crippen molar-refractivity contribution in [2.75, 3.05) is 0 Å². The second kappa shape index (κ2) is 7.61. The van der Waals surface area contributed by atoms with Crippen molar-refractivity contribution >= 4 is 12.2 Å². The van der Waals surface area contributed by atoms with E-state index in [4.69, 9.17) is 0 Å². The second-order valence-electron chi connectivity index (χ2n) is 4.26. The van der Waals surface area contributed by atoms with Gasteiger partial charge in [0.25, 0.3) is 0 Å². The topological polar surface area (TPSA) is 0 Å². The summed E-state index contributed by atoms with van der Waals surface area (Å²) in [7, 11) is 0. The molecule has 0 bridgehead atoms. The van der Waals surface area contributed by atoms with Crippen LogP contribution in [0.2, 0.25) is 0 Å². The van der Waals surface area contributed by atoms with Crippen LogP contribution < -0.4 is 0 Å². The summed E-state index contributed by atoms with van der Waals surface area (Å²) in [5.74, 6) is 0. The summed E-state index contributed by atoms with van der Waals surface area (Å²) >= 11 is 0. The van der Waals surface area contributed by atoms with Crippen LogP contribution >= 0.6 is 0 Å². The maximum Gasteiger partial charge on any atom is -0.00427 e. The zero-order valence-electron chi connectivity index (χ0n) is 11.3. The van der Waals surface area contributed by atoms with E-state index >= 15 is 0 Å². The molecule has 0 nitrogen and oxygen atoms in total. The molecule has 0 heterocycles. The van der Waals surface area contributed by atoms with Crippen molar-refractivity contribution in [3.63, 3.8) is 0 Å². The minimum absolute atomic E-state index is 1.05. The molecular formula is C20H16. The van der Waals surface area contributed by atoms with E-state index in [0.717, 1.165) is 11.1 Å². The predicted octanol–water partition coefficient (Wildman–Crippen LogP) is 5.28. The molecule has 0 unspecified atom stereocenters. The van der Waals surface area contributed by atoms with Crippen LogP contribution in [0, 0.1) is 0 Å². The van der Waals surface area contributed by atoms with Crippen LogP contribution in [0.4, 0.5) is 0 Å². The SMILES string of the molecule is C=C=C=CC(C=Cc1ccccc1)=Cc1ccccc1. The van der Waals surface area contributed by atoms with Gasteiger partial charge in [-0.25, -0.2) is 0 Å². The molecule has 0 aliphatic carbocycles. The summed E-state index contributed by atoms with van der Waals surface area (Å²) in [4.78, 5) is 0. The van der Waals surface area contributed by atoms with Crippen LogP contribution in [0.5, 0.6) is 0 Å². The number of benzene rings is 2. The quantitative estimate of drug-likeness (QED) is 0.515. The first-order chi connectivity index (χ1) is 9.88. The molecule has 0 aromatic heterocycles. The van der Waals surface area contributed by atoms with Gasteiger partial charge in [0.1, 0.15) is 0 Å². The number of allylic oxidation sites excluding steroid dienone is 3. The van der Waals surface area contributed by atoms with E-state index in [1.54, 1.807) is 0 Å². The number of rotatable bonds is 4. The van der Waals surface area contributed by atoms with Crippen molar-refractivity contribution in [1.29, 1.82) is 0 Å². The molecule has 0 aliphatic rings. The lowest BCUT2D eigenvalue weighted by atomic mass is 10.1. The molecule has 0 spiro atoms. The molecule has 0 heteroatoms. The first kappa shape index (κ1) is 13.6. The largest absolute Gasteiger partial charge is 0.0781 e. The molecule has 0 saturated carbocycles. The van der Waals surface area contributed by atoms with Crippen molar-refractivity contribution in [3.05, 3.63) is 108 Å². The third kappa shape index (κ3) is 4.48. The number of hydrogen-bond acceptors (Lipinski definition) is 0. The average molecular weight is 256 g/mol. The van der Waals surface area contributed by atoms with Crippen LogP contribution in [-0.2, 0) is 0 Å². The summed E-state index contributed by atoms with van der Waals surface area (Å²) < 4.78 is 0. The first-order valence-corrected chi connectivity index (χ1v) is 6.49. The minimum atomic E-state index is 1.05. The summed E-state index contributed by atoms with van der Waals surface area (Å²) in [6.07, 6.45) is 8.12. The van der Waals surface area contributed by atoms with E-state index in [-0.39, 0.29) is 0 Å². The third-order valence-electron chi connectivity index (χ3n) is 2.74. The van der Waals surface area contributed by atoms with Gasteiger partial charge in [0.05, 0.1) is 0 Å².